The minimum atomic E-state index is -3.77. The number of hydrogen-bond acceptors (Lipinski definition) is 3. The fourth-order valence-corrected chi connectivity index (χ4v) is 3.00. The number of rotatable bonds is 3. The average Bonchev–Trinajstić information content (AvgIpc) is 2.72. The molecule has 3 N–H and O–H groups in total. The topological polar surface area (TPSA) is 94.2 Å². The highest BCUT2D eigenvalue weighted by Gasteiger charge is 2.21. The molecule has 1 amide bonds. The zero-order chi connectivity index (χ0) is 14.0. The van der Waals surface area contributed by atoms with Crippen LogP contribution >= 0.6 is 0 Å². The van der Waals surface area contributed by atoms with Crippen LogP contribution in [0, 0.1) is 0 Å². The summed E-state index contributed by atoms with van der Waals surface area (Å²) in [6.07, 6.45) is 6.79. The first-order valence-corrected chi connectivity index (χ1v) is 7.92. The first-order chi connectivity index (χ1) is 8.88. The molecule has 0 spiro atoms. The van der Waals surface area contributed by atoms with Crippen molar-refractivity contribution in [1.29, 1.82) is 0 Å². The lowest BCUT2D eigenvalue weighted by atomic mass is 9.95. The lowest BCUT2D eigenvalue weighted by Gasteiger charge is -2.22. The predicted octanol–water partition coefficient (Wildman–Crippen LogP) is 0.735. The van der Waals surface area contributed by atoms with Crippen LogP contribution in [0.5, 0.6) is 0 Å². The van der Waals surface area contributed by atoms with Crippen molar-refractivity contribution in [2.75, 3.05) is 0 Å². The summed E-state index contributed by atoms with van der Waals surface area (Å²) >= 11 is 0. The van der Waals surface area contributed by atoms with E-state index < -0.39 is 10.0 Å². The summed E-state index contributed by atoms with van der Waals surface area (Å²) in [5.74, 6) is -0.246. The van der Waals surface area contributed by atoms with Gasteiger partial charge in [0.2, 0.25) is 10.0 Å². The van der Waals surface area contributed by atoms with Crippen molar-refractivity contribution in [3.05, 3.63) is 18.0 Å². The molecule has 1 aromatic rings. The molecule has 7 heteroatoms. The van der Waals surface area contributed by atoms with Gasteiger partial charge in [-0.15, -0.1) is 0 Å². The van der Waals surface area contributed by atoms with Crippen molar-refractivity contribution >= 4 is 15.9 Å². The number of primary sulfonamides is 1. The summed E-state index contributed by atoms with van der Waals surface area (Å²) in [5, 5.41) is 8.00. The second-order valence-electron chi connectivity index (χ2n) is 5.03. The van der Waals surface area contributed by atoms with Crippen molar-refractivity contribution in [3.63, 3.8) is 0 Å². The van der Waals surface area contributed by atoms with Crippen LogP contribution in [-0.2, 0) is 17.1 Å². The maximum absolute atomic E-state index is 12.1. The number of hydrogen-bond donors (Lipinski definition) is 2. The highest BCUT2D eigenvalue weighted by atomic mass is 32.2. The quantitative estimate of drug-likeness (QED) is 0.857. The smallest absolute Gasteiger partial charge is 0.268 e. The molecule has 0 bridgehead atoms. The Kier molecular flexibility index (Phi) is 3.96. The minimum absolute atomic E-state index is 0.0382. The van der Waals surface area contributed by atoms with Gasteiger partial charge in [-0.1, -0.05) is 19.3 Å². The van der Waals surface area contributed by atoms with E-state index in [0.717, 1.165) is 25.7 Å². The number of nitrogens with two attached hydrogens (primary N) is 1. The lowest BCUT2D eigenvalue weighted by molar-refractivity contribution is 0.0919. The molecule has 0 unspecified atom stereocenters. The Hall–Kier alpha value is -1.34. The van der Waals surface area contributed by atoms with Crippen LogP contribution < -0.4 is 10.5 Å². The second kappa shape index (κ2) is 5.34. The van der Waals surface area contributed by atoms with E-state index in [1.54, 1.807) is 7.05 Å². The standard InChI is InChI=1S/C12H19N3O3S/c1-15-8-10(19(13,17)18)7-11(15)12(16)14-9-5-3-2-4-6-9/h7-9H,2-6H2,1H3,(H,14,16)(H2,13,17,18). The van der Waals surface area contributed by atoms with Gasteiger partial charge in [0, 0.05) is 19.3 Å². The summed E-state index contributed by atoms with van der Waals surface area (Å²) in [5.41, 5.74) is 0.314. The number of nitrogens with one attached hydrogen (secondary N) is 1. The van der Waals surface area contributed by atoms with Crippen LogP contribution in [0.2, 0.25) is 0 Å². The Morgan fingerprint density at radius 1 is 1.37 bits per heavy atom. The molecule has 1 aliphatic rings. The zero-order valence-corrected chi connectivity index (χ0v) is 11.7. The summed E-state index contributed by atoms with van der Waals surface area (Å²) in [6.45, 7) is 0. The van der Waals surface area contributed by atoms with E-state index in [1.807, 2.05) is 0 Å². The van der Waals surface area contributed by atoms with Crippen LogP contribution in [0.25, 0.3) is 0 Å². The molecule has 0 saturated heterocycles. The number of carbonyl (C=O) groups excluding carboxylic acids is 1. The number of aryl methyl sites for hydroxylation is 1. The van der Waals surface area contributed by atoms with Crippen LogP contribution in [0.15, 0.2) is 17.2 Å². The predicted molar refractivity (Wildman–Crippen MR) is 71.1 cm³/mol. The average molecular weight is 285 g/mol. The molecular formula is C12H19N3O3S. The second-order valence-corrected chi connectivity index (χ2v) is 6.59. The van der Waals surface area contributed by atoms with E-state index >= 15 is 0 Å². The Morgan fingerprint density at radius 3 is 2.53 bits per heavy atom. The van der Waals surface area contributed by atoms with Gasteiger partial charge >= 0.3 is 0 Å². The third-order valence-electron chi connectivity index (χ3n) is 3.48. The number of sulfonamides is 1. The van der Waals surface area contributed by atoms with Gasteiger partial charge in [0.05, 0.1) is 0 Å². The molecule has 1 aromatic heterocycles. The number of amides is 1. The van der Waals surface area contributed by atoms with Gasteiger partial charge in [0.25, 0.3) is 5.91 Å². The van der Waals surface area contributed by atoms with Gasteiger partial charge < -0.3 is 9.88 Å². The van der Waals surface area contributed by atoms with Crippen molar-refractivity contribution < 1.29 is 13.2 Å². The number of aromatic nitrogens is 1. The van der Waals surface area contributed by atoms with Gasteiger partial charge in [-0.2, -0.15) is 0 Å². The van der Waals surface area contributed by atoms with E-state index in [2.05, 4.69) is 5.32 Å². The molecule has 0 radical (unpaired) electrons. The third-order valence-corrected chi connectivity index (χ3v) is 4.36. The molecule has 1 aliphatic carbocycles. The molecule has 2 rings (SSSR count). The third kappa shape index (κ3) is 3.36. The van der Waals surface area contributed by atoms with Crippen LogP contribution in [-0.4, -0.2) is 24.9 Å². The Bertz CT molecular complexity index is 571. The summed E-state index contributed by atoms with van der Waals surface area (Å²) < 4.78 is 24.0. The van der Waals surface area contributed by atoms with Crippen LogP contribution in [0.4, 0.5) is 0 Å². The summed E-state index contributed by atoms with van der Waals surface area (Å²) in [4.78, 5) is 12.1. The van der Waals surface area contributed by atoms with Crippen LogP contribution in [0.3, 0.4) is 0 Å². The molecule has 1 fully saturated rings. The zero-order valence-electron chi connectivity index (χ0n) is 10.9. The highest BCUT2D eigenvalue weighted by Crippen LogP contribution is 2.18. The normalized spacial score (nSPS) is 17.4. The Labute approximate surface area is 113 Å². The molecule has 0 aromatic carbocycles. The minimum Gasteiger partial charge on any atom is -0.348 e. The molecule has 1 heterocycles. The molecular weight excluding hydrogens is 266 g/mol. The van der Waals surface area contributed by atoms with E-state index in [9.17, 15) is 13.2 Å². The lowest BCUT2D eigenvalue weighted by Crippen LogP contribution is -2.36. The molecule has 6 nitrogen and oxygen atoms in total. The van der Waals surface area contributed by atoms with Crippen molar-refractivity contribution in [3.8, 4) is 0 Å². The maximum Gasteiger partial charge on any atom is 0.268 e. The van der Waals surface area contributed by atoms with Gasteiger partial charge in [-0.3, -0.25) is 4.79 Å². The van der Waals surface area contributed by atoms with E-state index in [0.29, 0.717) is 5.69 Å². The molecule has 106 valence electrons. The Balaban J connectivity index is 2.12. The molecule has 0 atom stereocenters. The fourth-order valence-electron chi connectivity index (χ4n) is 2.42. The summed E-state index contributed by atoms with van der Waals surface area (Å²) in [6, 6.07) is 1.50. The fraction of sp³-hybridized carbons (Fsp3) is 0.583. The van der Waals surface area contributed by atoms with Crippen molar-refractivity contribution in [2.24, 2.45) is 12.2 Å². The van der Waals surface area contributed by atoms with E-state index in [4.69, 9.17) is 5.14 Å². The summed E-state index contributed by atoms with van der Waals surface area (Å²) in [7, 11) is -2.14. The monoisotopic (exact) mass is 285 g/mol. The first-order valence-electron chi connectivity index (χ1n) is 6.38. The number of carbonyl (C=O) groups is 1. The first kappa shape index (κ1) is 14.1. The van der Waals surface area contributed by atoms with Gasteiger partial charge in [-0.05, 0) is 18.9 Å². The van der Waals surface area contributed by atoms with Crippen molar-refractivity contribution in [1.82, 2.24) is 9.88 Å². The largest absolute Gasteiger partial charge is 0.348 e. The van der Waals surface area contributed by atoms with Gasteiger partial charge in [-0.25, -0.2) is 13.6 Å². The van der Waals surface area contributed by atoms with Gasteiger partial charge in [0.1, 0.15) is 10.6 Å². The van der Waals surface area contributed by atoms with Gasteiger partial charge in [0.15, 0.2) is 0 Å². The van der Waals surface area contributed by atoms with Crippen molar-refractivity contribution in [2.45, 2.75) is 43.0 Å². The molecule has 0 aliphatic heterocycles. The SMILES string of the molecule is Cn1cc(S(N)(=O)=O)cc1C(=O)NC1CCCCC1. The molecule has 19 heavy (non-hydrogen) atoms. The van der Waals surface area contributed by atoms with E-state index in [1.165, 1.54) is 23.3 Å². The Morgan fingerprint density at radius 2 is 2.00 bits per heavy atom. The highest BCUT2D eigenvalue weighted by molar-refractivity contribution is 7.89. The van der Waals surface area contributed by atoms with Crippen LogP contribution in [0.1, 0.15) is 42.6 Å². The number of nitrogens with zero attached hydrogens (tertiary/aromatic N) is 1. The van der Waals surface area contributed by atoms with E-state index in [-0.39, 0.29) is 16.8 Å². The molecule has 1 saturated carbocycles. The maximum atomic E-state index is 12.1.